The van der Waals surface area contributed by atoms with Gasteiger partial charge in [-0.1, -0.05) is 114 Å². The molecule has 0 fully saturated rings. The average molecular weight is 473 g/mol. The number of aliphatic imine (C=N–C) groups is 2. The van der Waals surface area contributed by atoms with E-state index in [4.69, 9.17) is 9.98 Å². The molecule has 182 valence electrons. The first-order valence-corrected chi connectivity index (χ1v) is 12.9. The van der Waals surface area contributed by atoms with E-state index in [2.05, 4.69) is 128 Å². The summed E-state index contributed by atoms with van der Waals surface area (Å²) in [5, 5.41) is 2.47. The van der Waals surface area contributed by atoms with E-state index in [0.717, 1.165) is 33.9 Å². The molecular weight excluding hydrogens is 436 g/mol. The summed E-state index contributed by atoms with van der Waals surface area (Å²) >= 11 is 0. The fourth-order valence-corrected chi connectivity index (χ4v) is 5.27. The highest BCUT2D eigenvalue weighted by atomic mass is 14.8. The van der Waals surface area contributed by atoms with Gasteiger partial charge in [-0.05, 0) is 52.3 Å². The average Bonchev–Trinajstić information content (AvgIpc) is 3.09. The predicted octanol–water partition coefficient (Wildman–Crippen LogP) is 9.31. The lowest BCUT2D eigenvalue weighted by Crippen LogP contribution is -2.15. The summed E-state index contributed by atoms with van der Waals surface area (Å²) < 4.78 is 0. The second-order valence-electron chi connectivity index (χ2n) is 12.1. The predicted molar refractivity (Wildman–Crippen MR) is 156 cm³/mol. The van der Waals surface area contributed by atoms with Gasteiger partial charge in [-0.15, -0.1) is 0 Å². The Kier molecular flexibility index (Phi) is 5.75. The molecule has 0 spiro atoms. The monoisotopic (exact) mass is 472 g/mol. The first kappa shape index (κ1) is 24.2. The number of nitrogens with zero attached hydrogens (tertiary/aromatic N) is 2. The van der Waals surface area contributed by atoms with Crippen LogP contribution in [0.5, 0.6) is 0 Å². The van der Waals surface area contributed by atoms with Crippen LogP contribution >= 0.6 is 0 Å². The van der Waals surface area contributed by atoms with Gasteiger partial charge in [0.15, 0.2) is 0 Å². The number of para-hydroxylation sites is 2. The molecular formula is C34H36N2. The highest BCUT2D eigenvalue weighted by Crippen LogP contribution is 2.40. The van der Waals surface area contributed by atoms with Crippen LogP contribution in [-0.2, 0) is 10.8 Å². The summed E-state index contributed by atoms with van der Waals surface area (Å²) in [5.41, 5.74) is 11.2. The molecule has 0 bridgehead atoms. The summed E-state index contributed by atoms with van der Waals surface area (Å²) in [6.07, 6.45) is 0. The number of hydrogen-bond acceptors (Lipinski definition) is 2. The van der Waals surface area contributed by atoms with Crippen LogP contribution in [0.1, 0.15) is 74.9 Å². The van der Waals surface area contributed by atoms with Gasteiger partial charge in [-0.25, -0.2) is 9.98 Å². The zero-order valence-electron chi connectivity index (χ0n) is 22.8. The Morgan fingerprint density at radius 1 is 0.500 bits per heavy atom. The highest BCUT2D eigenvalue weighted by Gasteiger charge is 2.30. The van der Waals surface area contributed by atoms with Gasteiger partial charge >= 0.3 is 0 Å². The maximum absolute atomic E-state index is 5.45. The van der Waals surface area contributed by atoms with Crippen LogP contribution in [0.2, 0.25) is 0 Å². The quantitative estimate of drug-likeness (QED) is 0.278. The van der Waals surface area contributed by atoms with Gasteiger partial charge in [-0.2, -0.15) is 0 Å². The highest BCUT2D eigenvalue weighted by molar-refractivity contribution is 6.61. The van der Waals surface area contributed by atoms with Gasteiger partial charge in [-0.3, -0.25) is 0 Å². The van der Waals surface area contributed by atoms with Crippen LogP contribution in [0.4, 0.5) is 11.4 Å². The summed E-state index contributed by atoms with van der Waals surface area (Å²) in [7, 11) is 0. The van der Waals surface area contributed by atoms with Crippen LogP contribution in [0.3, 0.4) is 0 Å². The van der Waals surface area contributed by atoms with Crippen molar-refractivity contribution < 1.29 is 0 Å². The number of benzene rings is 4. The van der Waals surface area contributed by atoms with E-state index in [1.165, 1.54) is 33.0 Å². The molecule has 0 saturated heterocycles. The molecule has 2 nitrogen and oxygen atoms in total. The van der Waals surface area contributed by atoms with Crippen molar-refractivity contribution in [3.8, 4) is 0 Å². The molecule has 0 unspecified atom stereocenters. The topological polar surface area (TPSA) is 24.7 Å². The van der Waals surface area contributed by atoms with E-state index < -0.39 is 0 Å². The van der Waals surface area contributed by atoms with Gasteiger partial charge in [0.1, 0.15) is 0 Å². The molecule has 2 heteroatoms. The van der Waals surface area contributed by atoms with E-state index in [-0.39, 0.29) is 10.8 Å². The molecule has 1 aliphatic rings. The molecule has 0 aliphatic heterocycles. The minimum Gasteiger partial charge on any atom is -0.246 e. The molecule has 4 aromatic rings. The first-order chi connectivity index (χ1) is 17.0. The lowest BCUT2D eigenvalue weighted by Gasteiger charge is -2.23. The molecule has 0 atom stereocenters. The van der Waals surface area contributed by atoms with E-state index in [0.29, 0.717) is 0 Å². The zero-order chi connectivity index (χ0) is 25.8. The molecule has 36 heavy (non-hydrogen) atoms. The minimum absolute atomic E-state index is 0.0182. The van der Waals surface area contributed by atoms with Crippen molar-refractivity contribution >= 4 is 33.6 Å². The summed E-state index contributed by atoms with van der Waals surface area (Å²) in [4.78, 5) is 10.9. The Bertz CT molecular complexity index is 1440. The Morgan fingerprint density at radius 3 is 1.28 bits per heavy atom. The molecule has 4 aromatic carbocycles. The second kappa shape index (κ2) is 8.55. The molecule has 1 aliphatic carbocycles. The van der Waals surface area contributed by atoms with Crippen LogP contribution in [0, 0.1) is 13.8 Å². The third kappa shape index (κ3) is 4.09. The number of aryl methyl sites for hydroxylation is 2. The van der Waals surface area contributed by atoms with Gasteiger partial charge in [0, 0.05) is 16.5 Å². The Labute approximate surface area is 215 Å². The van der Waals surface area contributed by atoms with Crippen LogP contribution in [0.25, 0.3) is 10.8 Å². The molecule has 0 saturated carbocycles. The fourth-order valence-electron chi connectivity index (χ4n) is 5.27. The summed E-state index contributed by atoms with van der Waals surface area (Å²) in [6, 6.07) is 26.1. The van der Waals surface area contributed by atoms with Crippen molar-refractivity contribution in [2.24, 2.45) is 9.98 Å². The zero-order valence-corrected chi connectivity index (χ0v) is 22.8. The standard InChI is InChI=1S/C34H36N2/c1-21-13-9-19-26(33(3,4)5)29(21)35-31-24-17-11-15-23-16-12-18-25(28(23)24)32(31)36-30-22(2)14-10-20-27(30)34(6,7)8/h9-20H,1-8H3. The van der Waals surface area contributed by atoms with Crippen LogP contribution < -0.4 is 0 Å². The maximum atomic E-state index is 5.45. The second-order valence-corrected chi connectivity index (χ2v) is 12.1. The number of hydrogen-bond donors (Lipinski definition) is 0. The van der Waals surface area contributed by atoms with Crippen molar-refractivity contribution in [2.75, 3.05) is 0 Å². The van der Waals surface area contributed by atoms with Crippen LogP contribution in [0.15, 0.2) is 82.8 Å². The van der Waals surface area contributed by atoms with Crippen LogP contribution in [-0.4, -0.2) is 11.4 Å². The van der Waals surface area contributed by atoms with E-state index >= 15 is 0 Å². The lowest BCUT2D eigenvalue weighted by atomic mass is 9.84. The van der Waals surface area contributed by atoms with Crippen molar-refractivity contribution in [3.05, 3.63) is 106 Å². The van der Waals surface area contributed by atoms with Gasteiger partial charge in [0.25, 0.3) is 0 Å². The third-order valence-electron chi connectivity index (χ3n) is 7.18. The molecule has 0 radical (unpaired) electrons. The molecule has 0 N–H and O–H groups in total. The summed E-state index contributed by atoms with van der Waals surface area (Å²) in [6.45, 7) is 17.9. The normalized spacial score (nSPS) is 15.9. The Balaban J connectivity index is 1.87. The van der Waals surface area contributed by atoms with Gasteiger partial charge in [0.05, 0.1) is 22.8 Å². The lowest BCUT2D eigenvalue weighted by molar-refractivity contribution is 0.590. The first-order valence-electron chi connectivity index (χ1n) is 12.9. The van der Waals surface area contributed by atoms with Crippen molar-refractivity contribution in [1.29, 1.82) is 0 Å². The van der Waals surface area contributed by atoms with Crippen molar-refractivity contribution in [2.45, 2.75) is 66.2 Å². The minimum atomic E-state index is -0.0182. The van der Waals surface area contributed by atoms with Gasteiger partial charge < -0.3 is 0 Å². The SMILES string of the molecule is Cc1cccc(C(C)(C)C)c1N=C1C(=Nc2c(C)cccc2C(C)(C)C)c2cccc3cccc1c23. The Hall–Kier alpha value is -3.52. The maximum Gasteiger partial charge on any atom is 0.0979 e. The number of rotatable bonds is 2. The van der Waals surface area contributed by atoms with Gasteiger partial charge in [0.2, 0.25) is 0 Å². The molecule has 0 amide bonds. The third-order valence-corrected chi connectivity index (χ3v) is 7.18. The van der Waals surface area contributed by atoms with E-state index in [1.54, 1.807) is 0 Å². The smallest absolute Gasteiger partial charge is 0.0979 e. The Morgan fingerprint density at radius 2 is 0.889 bits per heavy atom. The largest absolute Gasteiger partial charge is 0.246 e. The summed E-state index contributed by atoms with van der Waals surface area (Å²) in [5.74, 6) is 0. The van der Waals surface area contributed by atoms with Crippen molar-refractivity contribution in [3.63, 3.8) is 0 Å². The fraction of sp³-hybridized carbons (Fsp3) is 0.294. The molecule has 5 rings (SSSR count). The van der Waals surface area contributed by atoms with E-state index in [9.17, 15) is 0 Å². The van der Waals surface area contributed by atoms with E-state index in [1.807, 2.05) is 0 Å². The molecule has 0 aromatic heterocycles. The molecule has 0 heterocycles. The van der Waals surface area contributed by atoms with Crippen molar-refractivity contribution in [1.82, 2.24) is 0 Å².